The second-order valence-corrected chi connectivity index (χ2v) is 3.62. The lowest BCUT2D eigenvalue weighted by Crippen LogP contribution is -2.17. The van der Waals surface area contributed by atoms with E-state index in [-0.39, 0.29) is 0 Å². The normalized spacial score (nSPS) is 15.9. The first kappa shape index (κ1) is 9.06. The molecular weight excluding hydrogens is 174 g/mol. The van der Waals surface area contributed by atoms with Crippen molar-refractivity contribution in [2.24, 2.45) is 0 Å². The van der Waals surface area contributed by atoms with Crippen LogP contribution in [0.5, 0.6) is 0 Å². The van der Waals surface area contributed by atoms with Crippen molar-refractivity contribution in [3.05, 3.63) is 30.6 Å². The van der Waals surface area contributed by atoms with Gasteiger partial charge in [0, 0.05) is 13.1 Å². The molecule has 0 amide bonds. The Kier molecular flexibility index (Phi) is 2.39. The quantitative estimate of drug-likeness (QED) is 0.770. The maximum atomic E-state index is 5.57. The van der Waals surface area contributed by atoms with Gasteiger partial charge in [0.05, 0.1) is 23.3 Å². The molecule has 1 aliphatic heterocycles. The van der Waals surface area contributed by atoms with Gasteiger partial charge >= 0.3 is 0 Å². The molecule has 1 aliphatic rings. The molecule has 1 fully saturated rings. The van der Waals surface area contributed by atoms with Crippen molar-refractivity contribution in [2.75, 3.05) is 18.8 Å². The van der Waals surface area contributed by atoms with Gasteiger partial charge in [0.2, 0.25) is 0 Å². The van der Waals surface area contributed by atoms with Crippen LogP contribution in [0.2, 0.25) is 0 Å². The van der Waals surface area contributed by atoms with E-state index in [4.69, 9.17) is 5.73 Å². The molecule has 0 atom stereocenters. The number of nitrogens with zero attached hydrogens (tertiary/aromatic N) is 2. The smallest absolute Gasteiger partial charge is 0.0858 e. The molecule has 2 N–H and O–H groups in total. The summed E-state index contributed by atoms with van der Waals surface area (Å²) in [6, 6.07) is 3.79. The molecule has 14 heavy (non-hydrogen) atoms. The first-order valence-corrected chi connectivity index (χ1v) is 4.93. The number of nitrogen functional groups attached to an aromatic ring is 1. The Morgan fingerprint density at radius 3 is 2.64 bits per heavy atom. The molecule has 0 bridgehead atoms. The van der Waals surface area contributed by atoms with Crippen molar-refractivity contribution in [3.8, 4) is 0 Å². The van der Waals surface area contributed by atoms with Gasteiger partial charge in [0.25, 0.3) is 0 Å². The van der Waals surface area contributed by atoms with Crippen molar-refractivity contribution < 1.29 is 0 Å². The van der Waals surface area contributed by atoms with E-state index in [1.54, 1.807) is 6.20 Å². The zero-order chi connectivity index (χ0) is 9.97. The fourth-order valence-corrected chi connectivity index (χ4v) is 1.73. The number of hydrogen-bond donors (Lipinski definition) is 1. The average molecular weight is 189 g/mol. The van der Waals surface area contributed by atoms with Crippen LogP contribution in [0.4, 0.5) is 5.69 Å². The second kappa shape index (κ2) is 3.70. The van der Waals surface area contributed by atoms with Gasteiger partial charge in [-0.2, -0.15) is 0 Å². The van der Waals surface area contributed by atoms with Gasteiger partial charge < -0.3 is 10.6 Å². The van der Waals surface area contributed by atoms with Gasteiger partial charge in [0.1, 0.15) is 0 Å². The van der Waals surface area contributed by atoms with Crippen LogP contribution < -0.4 is 5.73 Å². The monoisotopic (exact) mass is 189 g/mol. The summed E-state index contributed by atoms with van der Waals surface area (Å²) >= 11 is 0. The van der Waals surface area contributed by atoms with E-state index in [9.17, 15) is 0 Å². The Morgan fingerprint density at radius 1 is 1.36 bits per heavy atom. The lowest BCUT2D eigenvalue weighted by Gasteiger charge is -2.19. The Balaban J connectivity index is 2.14. The molecule has 2 rings (SSSR count). The molecule has 1 saturated heterocycles. The van der Waals surface area contributed by atoms with E-state index in [1.165, 1.54) is 12.8 Å². The van der Waals surface area contributed by atoms with E-state index >= 15 is 0 Å². The molecule has 1 aromatic heterocycles. The summed E-state index contributed by atoms with van der Waals surface area (Å²) in [7, 11) is 0. The molecule has 74 valence electrons. The molecule has 1 aromatic rings. The third-order valence-electron chi connectivity index (χ3n) is 2.57. The summed E-state index contributed by atoms with van der Waals surface area (Å²) in [5.41, 5.74) is 8.22. The highest BCUT2D eigenvalue weighted by molar-refractivity contribution is 5.59. The van der Waals surface area contributed by atoms with Gasteiger partial charge in [-0.25, -0.2) is 0 Å². The maximum absolute atomic E-state index is 5.57. The van der Waals surface area contributed by atoms with Crippen LogP contribution in [-0.2, 0) is 0 Å². The molecule has 3 heteroatoms. The van der Waals surface area contributed by atoms with Gasteiger partial charge in [-0.05, 0) is 25.0 Å². The van der Waals surface area contributed by atoms with Crippen LogP contribution in [0.3, 0.4) is 0 Å². The first-order chi connectivity index (χ1) is 6.77. The first-order valence-electron chi connectivity index (χ1n) is 4.93. The minimum atomic E-state index is 0.697. The molecular formula is C11H15N3. The average Bonchev–Trinajstić information content (AvgIpc) is 2.71. The third kappa shape index (κ3) is 1.71. The van der Waals surface area contributed by atoms with E-state index in [0.29, 0.717) is 5.69 Å². The lowest BCUT2D eigenvalue weighted by atomic mass is 10.2. The van der Waals surface area contributed by atoms with Crippen molar-refractivity contribution >= 4 is 11.4 Å². The summed E-state index contributed by atoms with van der Waals surface area (Å²) in [6.07, 6.45) is 4.19. The second-order valence-electron chi connectivity index (χ2n) is 3.62. The number of anilines is 1. The lowest BCUT2D eigenvalue weighted by molar-refractivity contribution is 0.492. The summed E-state index contributed by atoms with van der Waals surface area (Å²) < 4.78 is 0. The van der Waals surface area contributed by atoms with E-state index in [2.05, 4.69) is 16.5 Å². The van der Waals surface area contributed by atoms with E-state index in [0.717, 1.165) is 24.5 Å². The van der Waals surface area contributed by atoms with E-state index < -0.39 is 0 Å². The fourth-order valence-electron chi connectivity index (χ4n) is 1.73. The van der Waals surface area contributed by atoms with Gasteiger partial charge in [-0.1, -0.05) is 6.58 Å². The number of pyridine rings is 1. The number of nitrogens with two attached hydrogens (primary N) is 1. The van der Waals surface area contributed by atoms with Crippen LogP contribution in [0, 0.1) is 0 Å². The molecule has 0 aromatic carbocycles. The van der Waals surface area contributed by atoms with Crippen molar-refractivity contribution in [1.82, 2.24) is 9.88 Å². The molecule has 0 unspecified atom stereocenters. The summed E-state index contributed by atoms with van der Waals surface area (Å²) in [4.78, 5) is 6.53. The van der Waals surface area contributed by atoms with Crippen LogP contribution in [0.1, 0.15) is 18.5 Å². The topological polar surface area (TPSA) is 42.1 Å². The Hall–Kier alpha value is -1.51. The number of likely N-dealkylation sites (tertiary alicyclic amines) is 1. The molecule has 0 radical (unpaired) electrons. The van der Waals surface area contributed by atoms with Gasteiger partial charge in [-0.15, -0.1) is 0 Å². The minimum Gasteiger partial charge on any atom is -0.397 e. The van der Waals surface area contributed by atoms with Crippen LogP contribution in [-0.4, -0.2) is 23.0 Å². The standard InChI is InChI=1S/C11H15N3/c1-9(14-6-2-3-7-14)11-5-4-10(12)8-13-11/h4-5,8H,1-3,6-7,12H2. The highest BCUT2D eigenvalue weighted by Gasteiger charge is 2.14. The Morgan fingerprint density at radius 2 is 2.07 bits per heavy atom. The van der Waals surface area contributed by atoms with Crippen molar-refractivity contribution in [1.29, 1.82) is 0 Å². The summed E-state index contributed by atoms with van der Waals surface area (Å²) in [6.45, 7) is 6.26. The van der Waals surface area contributed by atoms with Crippen LogP contribution in [0.15, 0.2) is 24.9 Å². The zero-order valence-electron chi connectivity index (χ0n) is 8.24. The predicted octanol–water partition coefficient (Wildman–Crippen LogP) is 1.73. The maximum Gasteiger partial charge on any atom is 0.0858 e. The van der Waals surface area contributed by atoms with Gasteiger partial charge in [0.15, 0.2) is 0 Å². The van der Waals surface area contributed by atoms with Gasteiger partial charge in [-0.3, -0.25) is 4.98 Å². The molecule has 3 nitrogen and oxygen atoms in total. The third-order valence-corrected chi connectivity index (χ3v) is 2.57. The molecule has 0 saturated carbocycles. The Bertz CT molecular complexity index is 323. The Labute approximate surface area is 84.2 Å². The highest BCUT2D eigenvalue weighted by Crippen LogP contribution is 2.20. The predicted molar refractivity (Wildman–Crippen MR) is 58.5 cm³/mol. The molecule has 2 heterocycles. The van der Waals surface area contributed by atoms with E-state index in [1.807, 2.05) is 12.1 Å². The molecule has 0 spiro atoms. The SMILES string of the molecule is C=C(c1ccc(N)cn1)N1CCCC1. The number of hydrogen-bond acceptors (Lipinski definition) is 3. The molecule has 0 aliphatic carbocycles. The fraction of sp³-hybridized carbons (Fsp3) is 0.364. The van der Waals surface area contributed by atoms with Crippen LogP contribution >= 0.6 is 0 Å². The number of rotatable bonds is 2. The van der Waals surface area contributed by atoms with Crippen molar-refractivity contribution in [2.45, 2.75) is 12.8 Å². The number of aromatic nitrogens is 1. The highest BCUT2D eigenvalue weighted by atomic mass is 15.2. The largest absolute Gasteiger partial charge is 0.397 e. The van der Waals surface area contributed by atoms with Crippen LogP contribution in [0.25, 0.3) is 5.70 Å². The zero-order valence-corrected chi connectivity index (χ0v) is 8.24. The summed E-state index contributed by atoms with van der Waals surface area (Å²) in [5, 5.41) is 0. The van der Waals surface area contributed by atoms with Crippen molar-refractivity contribution in [3.63, 3.8) is 0 Å². The summed E-state index contributed by atoms with van der Waals surface area (Å²) in [5.74, 6) is 0. The minimum absolute atomic E-state index is 0.697.